The first-order chi connectivity index (χ1) is 16.0. The minimum absolute atomic E-state index is 0.0491. The van der Waals surface area contributed by atoms with E-state index in [0.29, 0.717) is 5.75 Å². The topological polar surface area (TPSA) is 96.0 Å². The van der Waals surface area contributed by atoms with Crippen molar-refractivity contribution in [3.05, 3.63) is 59.7 Å². The van der Waals surface area contributed by atoms with E-state index in [4.69, 9.17) is 4.74 Å². The minimum Gasteiger partial charge on any atom is -0.495 e. The van der Waals surface area contributed by atoms with Crippen LogP contribution in [0.1, 0.15) is 38.3 Å². The Morgan fingerprint density at radius 2 is 1.76 bits per heavy atom. The monoisotopic (exact) mass is 489 g/mol. The molecule has 0 saturated heterocycles. The SMILES string of the molecule is CC[C@@H](C)NC(=O)[C@@H](C)N(Cc1cccc(C)c1)C(=O)CN(c1ccccc1OC)S(C)(=O)=O. The minimum atomic E-state index is -3.82. The molecule has 0 heterocycles. The molecule has 8 nitrogen and oxygen atoms in total. The summed E-state index contributed by atoms with van der Waals surface area (Å²) in [5, 5.41) is 2.91. The zero-order valence-corrected chi connectivity index (χ0v) is 21.6. The highest BCUT2D eigenvalue weighted by atomic mass is 32.2. The molecule has 2 amide bonds. The van der Waals surface area contributed by atoms with Gasteiger partial charge in [0.1, 0.15) is 18.3 Å². The Morgan fingerprint density at radius 3 is 2.35 bits per heavy atom. The molecule has 0 aliphatic rings. The number of carbonyl (C=O) groups excluding carboxylic acids is 2. The summed E-state index contributed by atoms with van der Waals surface area (Å²) >= 11 is 0. The third-order valence-corrected chi connectivity index (χ3v) is 6.76. The largest absolute Gasteiger partial charge is 0.495 e. The smallest absolute Gasteiger partial charge is 0.244 e. The summed E-state index contributed by atoms with van der Waals surface area (Å²) in [6.45, 7) is 7.15. The lowest BCUT2D eigenvalue weighted by Gasteiger charge is -2.32. The van der Waals surface area contributed by atoms with Gasteiger partial charge >= 0.3 is 0 Å². The molecule has 0 bridgehead atoms. The Kier molecular flexibility index (Phi) is 9.49. The Hall–Kier alpha value is -3.07. The quantitative estimate of drug-likeness (QED) is 0.523. The number of carbonyl (C=O) groups is 2. The Labute approximate surface area is 202 Å². The number of anilines is 1. The van der Waals surface area contributed by atoms with Gasteiger partial charge < -0.3 is 15.0 Å². The van der Waals surface area contributed by atoms with Crippen LogP contribution in [0.4, 0.5) is 5.69 Å². The summed E-state index contributed by atoms with van der Waals surface area (Å²) in [7, 11) is -2.39. The summed E-state index contributed by atoms with van der Waals surface area (Å²) in [6.07, 6.45) is 1.79. The molecule has 2 rings (SSSR count). The number of ether oxygens (including phenoxy) is 1. The predicted octanol–water partition coefficient (Wildman–Crippen LogP) is 3.10. The summed E-state index contributed by atoms with van der Waals surface area (Å²) in [5.74, 6) is -0.461. The van der Waals surface area contributed by atoms with Crippen molar-refractivity contribution in [1.29, 1.82) is 0 Å². The average molecular weight is 490 g/mol. The van der Waals surface area contributed by atoms with Gasteiger partial charge in [-0.15, -0.1) is 0 Å². The van der Waals surface area contributed by atoms with Crippen molar-refractivity contribution in [1.82, 2.24) is 10.2 Å². The van der Waals surface area contributed by atoms with E-state index in [1.807, 2.05) is 45.0 Å². The van der Waals surface area contributed by atoms with E-state index in [2.05, 4.69) is 5.32 Å². The molecule has 9 heteroatoms. The fourth-order valence-corrected chi connectivity index (χ4v) is 4.34. The normalized spacial score (nSPS) is 13.0. The summed E-state index contributed by atoms with van der Waals surface area (Å²) in [6, 6.07) is 13.4. The van der Waals surface area contributed by atoms with Gasteiger partial charge in [0.15, 0.2) is 0 Å². The molecular formula is C25H35N3O5S. The number of nitrogens with one attached hydrogen (secondary N) is 1. The molecule has 2 aromatic rings. The number of nitrogens with zero attached hydrogens (tertiary/aromatic N) is 2. The van der Waals surface area contributed by atoms with E-state index in [9.17, 15) is 18.0 Å². The second kappa shape index (κ2) is 11.9. The van der Waals surface area contributed by atoms with Crippen LogP contribution >= 0.6 is 0 Å². The lowest BCUT2D eigenvalue weighted by atomic mass is 10.1. The van der Waals surface area contributed by atoms with E-state index in [1.165, 1.54) is 12.0 Å². The average Bonchev–Trinajstić information content (AvgIpc) is 2.79. The number of methoxy groups -OCH3 is 1. The van der Waals surface area contributed by atoms with E-state index < -0.39 is 28.5 Å². The fraction of sp³-hybridized carbons (Fsp3) is 0.440. The van der Waals surface area contributed by atoms with Crippen molar-refractivity contribution in [3.8, 4) is 5.75 Å². The van der Waals surface area contributed by atoms with Gasteiger partial charge in [-0.2, -0.15) is 0 Å². The van der Waals surface area contributed by atoms with Crippen molar-refractivity contribution in [2.75, 3.05) is 24.2 Å². The summed E-state index contributed by atoms with van der Waals surface area (Å²) < 4.78 is 31.7. The van der Waals surface area contributed by atoms with Crippen LogP contribution < -0.4 is 14.4 Å². The zero-order chi connectivity index (χ0) is 25.5. The molecule has 186 valence electrons. The maximum Gasteiger partial charge on any atom is 0.244 e. The molecule has 2 atom stereocenters. The number of hydrogen-bond donors (Lipinski definition) is 1. The van der Waals surface area contributed by atoms with Gasteiger partial charge in [0.05, 0.1) is 19.1 Å². The van der Waals surface area contributed by atoms with Gasteiger partial charge in [-0.3, -0.25) is 13.9 Å². The van der Waals surface area contributed by atoms with Crippen molar-refractivity contribution >= 4 is 27.5 Å². The van der Waals surface area contributed by atoms with Crippen LogP contribution in [0.3, 0.4) is 0 Å². The number of hydrogen-bond acceptors (Lipinski definition) is 5. The Balaban J connectivity index is 2.42. The van der Waals surface area contributed by atoms with Crippen LogP contribution in [0.2, 0.25) is 0 Å². The first-order valence-corrected chi connectivity index (χ1v) is 13.1. The third kappa shape index (κ3) is 7.21. The first kappa shape index (κ1) is 27.2. The number of amides is 2. The van der Waals surface area contributed by atoms with E-state index in [0.717, 1.165) is 28.1 Å². The highest BCUT2D eigenvalue weighted by Gasteiger charge is 2.31. The molecule has 0 aliphatic carbocycles. The van der Waals surface area contributed by atoms with Crippen molar-refractivity contribution in [3.63, 3.8) is 0 Å². The van der Waals surface area contributed by atoms with Crippen LogP contribution in [-0.2, 0) is 26.2 Å². The fourth-order valence-electron chi connectivity index (χ4n) is 3.49. The van der Waals surface area contributed by atoms with Gasteiger partial charge in [-0.1, -0.05) is 48.9 Å². The molecule has 1 N–H and O–H groups in total. The standard InChI is InChI=1S/C25H35N3O5S/c1-7-19(3)26-25(30)20(4)27(16-21-12-10-11-18(2)15-21)24(29)17-28(34(6,31)32)22-13-8-9-14-23(22)33-5/h8-15,19-20H,7,16-17H2,1-6H3,(H,26,30)/t19-,20-/m1/s1. The van der Waals surface area contributed by atoms with E-state index in [-0.39, 0.29) is 24.2 Å². The van der Waals surface area contributed by atoms with Crippen LogP contribution in [0, 0.1) is 6.92 Å². The summed E-state index contributed by atoms with van der Waals surface area (Å²) in [4.78, 5) is 27.9. The summed E-state index contributed by atoms with van der Waals surface area (Å²) in [5.41, 5.74) is 2.13. The maximum atomic E-state index is 13.6. The molecule has 34 heavy (non-hydrogen) atoms. The number of aryl methyl sites for hydroxylation is 1. The third-order valence-electron chi connectivity index (χ3n) is 5.64. The lowest BCUT2D eigenvalue weighted by molar-refractivity contribution is -0.139. The van der Waals surface area contributed by atoms with Crippen LogP contribution in [0.25, 0.3) is 0 Å². The molecule has 0 spiro atoms. The first-order valence-electron chi connectivity index (χ1n) is 11.2. The van der Waals surface area contributed by atoms with Gasteiger partial charge in [-0.25, -0.2) is 8.42 Å². The highest BCUT2D eigenvalue weighted by Crippen LogP contribution is 2.29. The number of sulfonamides is 1. The van der Waals surface area contributed by atoms with Gasteiger partial charge in [0.2, 0.25) is 21.8 Å². The van der Waals surface area contributed by atoms with Crippen molar-refractivity contribution in [2.24, 2.45) is 0 Å². The Bertz CT molecular complexity index is 1100. The number of para-hydroxylation sites is 2. The molecule has 0 saturated carbocycles. The second-order valence-corrected chi connectivity index (χ2v) is 10.4. The van der Waals surface area contributed by atoms with Gasteiger partial charge in [0, 0.05) is 12.6 Å². The van der Waals surface area contributed by atoms with Crippen LogP contribution in [0.5, 0.6) is 5.75 Å². The van der Waals surface area contributed by atoms with Crippen molar-refractivity contribution < 1.29 is 22.7 Å². The molecule has 0 unspecified atom stereocenters. The highest BCUT2D eigenvalue weighted by molar-refractivity contribution is 7.92. The Morgan fingerprint density at radius 1 is 1.09 bits per heavy atom. The molecule has 0 aliphatic heterocycles. The van der Waals surface area contributed by atoms with Crippen LogP contribution in [-0.4, -0.2) is 57.1 Å². The molecule has 0 fully saturated rings. The number of benzene rings is 2. The number of rotatable bonds is 11. The molecule has 0 aromatic heterocycles. The zero-order valence-electron chi connectivity index (χ0n) is 20.7. The van der Waals surface area contributed by atoms with E-state index in [1.54, 1.807) is 31.2 Å². The second-order valence-electron chi connectivity index (χ2n) is 8.45. The maximum absolute atomic E-state index is 13.6. The predicted molar refractivity (Wildman–Crippen MR) is 134 cm³/mol. The lowest BCUT2D eigenvalue weighted by Crippen LogP contribution is -2.52. The molecule has 0 radical (unpaired) electrons. The molecular weight excluding hydrogens is 454 g/mol. The molecule has 2 aromatic carbocycles. The van der Waals surface area contributed by atoms with Gasteiger partial charge in [-0.05, 0) is 44.9 Å². The van der Waals surface area contributed by atoms with E-state index >= 15 is 0 Å². The van der Waals surface area contributed by atoms with Crippen molar-refractivity contribution in [2.45, 2.75) is 52.7 Å². The van der Waals surface area contributed by atoms with Gasteiger partial charge in [0.25, 0.3) is 0 Å². The van der Waals surface area contributed by atoms with Crippen LogP contribution in [0.15, 0.2) is 48.5 Å².